The van der Waals surface area contributed by atoms with Crippen molar-refractivity contribution < 1.29 is 23.0 Å². The van der Waals surface area contributed by atoms with Crippen molar-refractivity contribution in [2.75, 3.05) is 13.2 Å². The Balaban J connectivity index is 1.51. The van der Waals surface area contributed by atoms with E-state index in [4.69, 9.17) is 9.47 Å². The Labute approximate surface area is 156 Å². The molecule has 0 radical (unpaired) electrons. The second-order valence-electron chi connectivity index (χ2n) is 7.10. The number of benzene rings is 2. The summed E-state index contributed by atoms with van der Waals surface area (Å²) in [5.74, 6) is -0.202. The van der Waals surface area contributed by atoms with Gasteiger partial charge in [0.05, 0.1) is 6.54 Å². The fraction of sp³-hybridized carbons (Fsp3) is 0.381. The van der Waals surface area contributed by atoms with Crippen molar-refractivity contribution in [2.45, 2.75) is 38.4 Å². The molecule has 2 aliphatic rings. The van der Waals surface area contributed by atoms with Crippen molar-refractivity contribution in [3.05, 3.63) is 53.1 Å². The van der Waals surface area contributed by atoms with Crippen molar-refractivity contribution in [1.29, 1.82) is 0 Å². The van der Waals surface area contributed by atoms with Crippen molar-refractivity contribution in [3.63, 3.8) is 0 Å². The van der Waals surface area contributed by atoms with Crippen molar-refractivity contribution >= 4 is 5.91 Å². The van der Waals surface area contributed by atoms with Gasteiger partial charge in [-0.25, -0.2) is 8.78 Å². The van der Waals surface area contributed by atoms with Crippen LogP contribution in [0.15, 0.2) is 30.3 Å². The Morgan fingerprint density at radius 1 is 1.26 bits per heavy atom. The highest BCUT2D eigenvalue weighted by Crippen LogP contribution is 2.40. The molecular formula is C21H21F2NO3. The van der Waals surface area contributed by atoms with Crippen LogP contribution in [0.2, 0.25) is 0 Å². The van der Waals surface area contributed by atoms with Gasteiger partial charge >= 0.3 is 0 Å². The Hall–Kier alpha value is -2.47. The predicted octanol–water partition coefficient (Wildman–Crippen LogP) is 3.54. The zero-order valence-electron chi connectivity index (χ0n) is 15.1. The molecule has 1 fully saturated rings. The second kappa shape index (κ2) is 7.27. The average Bonchev–Trinajstić information content (AvgIpc) is 3.31. The first kappa shape index (κ1) is 17.9. The minimum Gasteiger partial charge on any atom is -0.487 e. The van der Waals surface area contributed by atoms with Crippen LogP contribution in [0.1, 0.15) is 24.0 Å². The first-order chi connectivity index (χ1) is 13.0. The molecule has 142 valence electrons. The third-order valence-corrected chi connectivity index (χ3v) is 5.06. The summed E-state index contributed by atoms with van der Waals surface area (Å²) in [4.78, 5) is 12.1. The lowest BCUT2D eigenvalue weighted by Crippen LogP contribution is -2.40. The third-order valence-electron chi connectivity index (χ3n) is 5.06. The topological polar surface area (TPSA) is 47.6 Å². The molecule has 27 heavy (non-hydrogen) atoms. The number of amides is 1. The van der Waals surface area contributed by atoms with Crippen LogP contribution in [-0.4, -0.2) is 31.3 Å². The van der Waals surface area contributed by atoms with Crippen LogP contribution in [0.25, 0.3) is 11.1 Å². The number of carbonyl (C=O) groups is 1. The van der Waals surface area contributed by atoms with E-state index >= 15 is 0 Å². The molecule has 2 unspecified atom stereocenters. The van der Waals surface area contributed by atoms with E-state index in [1.807, 2.05) is 0 Å². The Morgan fingerprint density at radius 2 is 2.11 bits per heavy atom. The number of ether oxygens (including phenoxy) is 2. The van der Waals surface area contributed by atoms with Crippen LogP contribution in [0.3, 0.4) is 0 Å². The first-order valence-corrected chi connectivity index (χ1v) is 9.16. The third kappa shape index (κ3) is 3.67. The van der Waals surface area contributed by atoms with E-state index in [0.717, 1.165) is 18.4 Å². The molecule has 1 N–H and O–H groups in total. The van der Waals surface area contributed by atoms with E-state index < -0.39 is 0 Å². The highest BCUT2D eigenvalue weighted by atomic mass is 19.1. The van der Waals surface area contributed by atoms with Gasteiger partial charge in [-0.3, -0.25) is 4.79 Å². The Morgan fingerprint density at radius 3 is 2.85 bits per heavy atom. The summed E-state index contributed by atoms with van der Waals surface area (Å²) in [6.07, 6.45) is 1.47. The molecule has 0 saturated carbocycles. The van der Waals surface area contributed by atoms with E-state index in [0.29, 0.717) is 42.0 Å². The van der Waals surface area contributed by atoms with Gasteiger partial charge in [0.25, 0.3) is 0 Å². The lowest BCUT2D eigenvalue weighted by molar-refractivity contribution is -0.130. The summed E-state index contributed by atoms with van der Waals surface area (Å²) in [5, 5.41) is 2.86. The van der Waals surface area contributed by atoms with Crippen LogP contribution >= 0.6 is 0 Å². The van der Waals surface area contributed by atoms with E-state index in [1.165, 1.54) is 18.2 Å². The van der Waals surface area contributed by atoms with Gasteiger partial charge in [0.2, 0.25) is 5.91 Å². The minimum absolute atomic E-state index is 0.132. The van der Waals surface area contributed by atoms with E-state index in [1.54, 1.807) is 19.1 Å². The SMILES string of the molecule is Cc1cc(-c2cc(F)cc3c2OC(CNC(=O)C2CCCO2)C3)ccc1F. The van der Waals surface area contributed by atoms with E-state index in [9.17, 15) is 13.6 Å². The molecule has 2 aliphatic heterocycles. The average molecular weight is 373 g/mol. The molecule has 0 spiro atoms. The summed E-state index contributed by atoms with van der Waals surface area (Å²) in [6.45, 7) is 2.61. The fourth-order valence-corrected chi connectivity index (χ4v) is 3.65. The van der Waals surface area contributed by atoms with Gasteiger partial charge < -0.3 is 14.8 Å². The quantitative estimate of drug-likeness (QED) is 0.892. The molecule has 4 rings (SSSR count). The first-order valence-electron chi connectivity index (χ1n) is 9.16. The van der Waals surface area contributed by atoms with Crippen molar-refractivity contribution in [3.8, 4) is 16.9 Å². The molecule has 1 saturated heterocycles. The molecule has 1 amide bonds. The fourth-order valence-electron chi connectivity index (χ4n) is 3.65. The molecule has 6 heteroatoms. The summed E-state index contributed by atoms with van der Waals surface area (Å²) < 4.78 is 39.1. The van der Waals surface area contributed by atoms with Gasteiger partial charge in [-0.15, -0.1) is 0 Å². The monoisotopic (exact) mass is 373 g/mol. The zero-order valence-corrected chi connectivity index (χ0v) is 15.1. The number of hydrogen-bond acceptors (Lipinski definition) is 3. The molecule has 0 aliphatic carbocycles. The molecule has 4 nitrogen and oxygen atoms in total. The predicted molar refractivity (Wildman–Crippen MR) is 96.6 cm³/mol. The summed E-state index contributed by atoms with van der Waals surface area (Å²) in [7, 11) is 0. The summed E-state index contributed by atoms with van der Waals surface area (Å²) >= 11 is 0. The van der Waals surface area contributed by atoms with Gasteiger partial charge in [0.1, 0.15) is 29.6 Å². The van der Waals surface area contributed by atoms with Gasteiger partial charge in [-0.2, -0.15) is 0 Å². The van der Waals surface area contributed by atoms with Crippen molar-refractivity contribution in [2.24, 2.45) is 0 Å². The standard InChI is InChI=1S/C21H21F2NO3/c1-12-7-13(4-5-18(12)23)17-10-15(22)8-14-9-16(27-20(14)17)11-24-21(25)19-3-2-6-26-19/h4-5,7-8,10,16,19H,2-3,6,9,11H2,1H3,(H,24,25). The number of halogens is 2. The lowest BCUT2D eigenvalue weighted by atomic mass is 9.99. The van der Waals surface area contributed by atoms with E-state index in [2.05, 4.69) is 5.32 Å². The highest BCUT2D eigenvalue weighted by Gasteiger charge is 2.29. The number of fused-ring (bicyclic) bond motifs is 1. The molecular weight excluding hydrogens is 352 g/mol. The number of carbonyl (C=O) groups excluding carboxylic acids is 1. The molecule has 2 atom stereocenters. The van der Waals surface area contributed by atoms with Crippen LogP contribution in [0, 0.1) is 18.6 Å². The van der Waals surface area contributed by atoms with Crippen LogP contribution in [-0.2, 0) is 16.0 Å². The number of aryl methyl sites for hydroxylation is 1. The molecule has 2 aromatic carbocycles. The van der Waals surface area contributed by atoms with Gasteiger partial charge in [0, 0.05) is 24.2 Å². The smallest absolute Gasteiger partial charge is 0.249 e. The zero-order chi connectivity index (χ0) is 19.0. The number of nitrogens with one attached hydrogen (secondary N) is 1. The molecule has 0 bridgehead atoms. The summed E-state index contributed by atoms with van der Waals surface area (Å²) in [6, 6.07) is 7.53. The number of hydrogen-bond donors (Lipinski definition) is 1. The normalized spacial score (nSPS) is 21.0. The maximum Gasteiger partial charge on any atom is 0.249 e. The molecule has 2 heterocycles. The van der Waals surface area contributed by atoms with Gasteiger partial charge in [-0.1, -0.05) is 6.07 Å². The second-order valence-corrected chi connectivity index (χ2v) is 7.10. The van der Waals surface area contributed by atoms with Crippen LogP contribution < -0.4 is 10.1 Å². The van der Waals surface area contributed by atoms with Crippen LogP contribution in [0.4, 0.5) is 8.78 Å². The maximum absolute atomic E-state index is 14.1. The van der Waals surface area contributed by atoms with E-state index in [-0.39, 0.29) is 29.7 Å². The summed E-state index contributed by atoms with van der Waals surface area (Å²) in [5.41, 5.74) is 2.54. The van der Waals surface area contributed by atoms with Crippen molar-refractivity contribution in [1.82, 2.24) is 5.32 Å². The lowest BCUT2D eigenvalue weighted by Gasteiger charge is -2.15. The molecule has 0 aromatic heterocycles. The van der Waals surface area contributed by atoms with Gasteiger partial charge in [-0.05, 0) is 55.2 Å². The van der Waals surface area contributed by atoms with Crippen LogP contribution in [0.5, 0.6) is 5.75 Å². The Kier molecular flexibility index (Phi) is 4.83. The largest absolute Gasteiger partial charge is 0.487 e. The maximum atomic E-state index is 14.1. The minimum atomic E-state index is -0.385. The Bertz CT molecular complexity index is 878. The molecule has 2 aromatic rings. The number of rotatable bonds is 4. The van der Waals surface area contributed by atoms with Gasteiger partial charge in [0.15, 0.2) is 0 Å². The highest BCUT2D eigenvalue weighted by molar-refractivity contribution is 5.81.